The fourth-order valence-corrected chi connectivity index (χ4v) is 2.10. The normalized spacial score (nSPS) is 31.1. The van der Waals surface area contributed by atoms with E-state index in [4.69, 9.17) is 5.73 Å². The molecule has 0 saturated heterocycles. The van der Waals surface area contributed by atoms with Gasteiger partial charge in [0.1, 0.15) is 0 Å². The average Bonchev–Trinajstić information content (AvgIpc) is 2.27. The van der Waals surface area contributed by atoms with Crippen LogP contribution in [0.3, 0.4) is 0 Å². The highest BCUT2D eigenvalue weighted by Crippen LogP contribution is 2.25. The Labute approximate surface area is 76.0 Å². The second-order valence-electron chi connectivity index (χ2n) is 3.93. The zero-order valence-electron chi connectivity index (χ0n) is 7.97. The molecule has 2 N–H and O–H groups in total. The monoisotopic (exact) mass is 167 g/mol. The lowest BCUT2D eigenvalue weighted by Crippen LogP contribution is -2.28. The fraction of sp³-hybridized carbons (Fsp3) is 0.818. The fourth-order valence-electron chi connectivity index (χ4n) is 2.10. The summed E-state index contributed by atoms with van der Waals surface area (Å²) in [4.78, 5) is 0. The van der Waals surface area contributed by atoms with E-state index in [1.54, 1.807) is 0 Å². The lowest BCUT2D eigenvalue weighted by atomic mass is 9.91. The maximum absolute atomic E-state index is 6.09. The van der Waals surface area contributed by atoms with Crippen LogP contribution in [-0.4, -0.2) is 6.04 Å². The Hall–Kier alpha value is -0.300. The number of hydrogen-bond donors (Lipinski definition) is 1. The van der Waals surface area contributed by atoms with E-state index in [1.807, 2.05) is 6.08 Å². The third kappa shape index (κ3) is 2.98. The van der Waals surface area contributed by atoms with Crippen molar-refractivity contribution in [1.82, 2.24) is 0 Å². The molecule has 0 aromatic heterocycles. The molecule has 1 saturated carbocycles. The summed E-state index contributed by atoms with van der Waals surface area (Å²) >= 11 is 0. The quantitative estimate of drug-likeness (QED) is 0.507. The Balaban J connectivity index is 2.31. The lowest BCUT2D eigenvalue weighted by molar-refractivity contribution is 0.375. The summed E-state index contributed by atoms with van der Waals surface area (Å²) in [6.07, 6.45) is 11.1. The molecule has 2 unspecified atom stereocenters. The molecule has 1 heteroatoms. The highest BCUT2D eigenvalue weighted by atomic mass is 14.6. The zero-order chi connectivity index (χ0) is 8.81. The summed E-state index contributed by atoms with van der Waals surface area (Å²) in [7, 11) is 0. The maximum atomic E-state index is 6.09. The first-order valence-corrected chi connectivity index (χ1v) is 5.21. The van der Waals surface area contributed by atoms with E-state index in [0.29, 0.717) is 6.04 Å². The van der Waals surface area contributed by atoms with E-state index in [1.165, 1.54) is 38.5 Å². The van der Waals surface area contributed by atoms with Crippen LogP contribution >= 0.6 is 0 Å². The van der Waals surface area contributed by atoms with Crippen molar-refractivity contribution in [2.75, 3.05) is 0 Å². The SMILES string of the molecule is C=CCCC1CCCCCC1N. The third-order valence-corrected chi connectivity index (χ3v) is 2.96. The molecule has 1 rings (SSSR count). The molecule has 12 heavy (non-hydrogen) atoms. The summed E-state index contributed by atoms with van der Waals surface area (Å²) < 4.78 is 0. The largest absolute Gasteiger partial charge is 0.327 e. The number of rotatable bonds is 3. The predicted molar refractivity (Wildman–Crippen MR) is 54.0 cm³/mol. The Morgan fingerprint density at radius 1 is 1.25 bits per heavy atom. The summed E-state index contributed by atoms with van der Waals surface area (Å²) in [6.45, 7) is 3.75. The van der Waals surface area contributed by atoms with Gasteiger partial charge in [0, 0.05) is 6.04 Å². The Kier molecular flexibility index (Phi) is 4.37. The zero-order valence-corrected chi connectivity index (χ0v) is 7.97. The van der Waals surface area contributed by atoms with Crippen molar-refractivity contribution in [2.45, 2.75) is 51.0 Å². The van der Waals surface area contributed by atoms with Crippen LogP contribution in [0, 0.1) is 5.92 Å². The molecule has 0 radical (unpaired) electrons. The van der Waals surface area contributed by atoms with E-state index in [2.05, 4.69) is 6.58 Å². The summed E-state index contributed by atoms with van der Waals surface area (Å²) in [5, 5.41) is 0. The van der Waals surface area contributed by atoms with Gasteiger partial charge in [-0.05, 0) is 31.6 Å². The molecule has 1 nitrogen and oxygen atoms in total. The van der Waals surface area contributed by atoms with E-state index < -0.39 is 0 Å². The minimum absolute atomic E-state index is 0.465. The molecule has 0 heterocycles. The summed E-state index contributed by atoms with van der Waals surface area (Å²) in [6, 6.07) is 0.465. The molecular formula is C11H21N. The van der Waals surface area contributed by atoms with Gasteiger partial charge in [-0.15, -0.1) is 6.58 Å². The molecule has 0 amide bonds. The van der Waals surface area contributed by atoms with Gasteiger partial charge in [0.25, 0.3) is 0 Å². The van der Waals surface area contributed by atoms with Gasteiger partial charge in [-0.25, -0.2) is 0 Å². The van der Waals surface area contributed by atoms with Gasteiger partial charge in [0.15, 0.2) is 0 Å². The van der Waals surface area contributed by atoms with Crippen molar-refractivity contribution < 1.29 is 0 Å². The first-order chi connectivity index (χ1) is 5.84. The van der Waals surface area contributed by atoms with E-state index >= 15 is 0 Å². The lowest BCUT2D eigenvalue weighted by Gasteiger charge is -2.20. The van der Waals surface area contributed by atoms with Crippen LogP contribution < -0.4 is 5.73 Å². The Bertz CT molecular complexity index is 131. The molecule has 0 aliphatic heterocycles. The topological polar surface area (TPSA) is 26.0 Å². The minimum Gasteiger partial charge on any atom is -0.327 e. The van der Waals surface area contributed by atoms with Crippen LogP contribution in [0.4, 0.5) is 0 Å². The van der Waals surface area contributed by atoms with Gasteiger partial charge in [-0.1, -0.05) is 25.3 Å². The van der Waals surface area contributed by atoms with Crippen molar-refractivity contribution in [1.29, 1.82) is 0 Å². The van der Waals surface area contributed by atoms with E-state index in [9.17, 15) is 0 Å². The Morgan fingerprint density at radius 3 is 2.75 bits per heavy atom. The molecule has 1 aliphatic rings. The van der Waals surface area contributed by atoms with Crippen molar-refractivity contribution in [3.63, 3.8) is 0 Å². The molecule has 0 aromatic carbocycles. The summed E-state index contributed by atoms with van der Waals surface area (Å²) in [5.74, 6) is 0.769. The van der Waals surface area contributed by atoms with Crippen LogP contribution in [0.15, 0.2) is 12.7 Å². The highest BCUT2D eigenvalue weighted by molar-refractivity contribution is 4.79. The van der Waals surface area contributed by atoms with Gasteiger partial charge in [-0.2, -0.15) is 0 Å². The van der Waals surface area contributed by atoms with Crippen molar-refractivity contribution in [2.24, 2.45) is 11.7 Å². The number of hydrogen-bond acceptors (Lipinski definition) is 1. The molecular weight excluding hydrogens is 146 g/mol. The van der Waals surface area contributed by atoms with Gasteiger partial charge < -0.3 is 5.73 Å². The maximum Gasteiger partial charge on any atom is 0.00672 e. The third-order valence-electron chi connectivity index (χ3n) is 2.96. The highest BCUT2D eigenvalue weighted by Gasteiger charge is 2.18. The first-order valence-electron chi connectivity index (χ1n) is 5.21. The second-order valence-corrected chi connectivity index (χ2v) is 3.93. The van der Waals surface area contributed by atoms with Crippen LogP contribution in [-0.2, 0) is 0 Å². The van der Waals surface area contributed by atoms with Gasteiger partial charge >= 0.3 is 0 Å². The number of allylic oxidation sites excluding steroid dienone is 1. The molecule has 1 fully saturated rings. The molecule has 0 bridgehead atoms. The molecule has 70 valence electrons. The van der Waals surface area contributed by atoms with Crippen LogP contribution in [0.5, 0.6) is 0 Å². The standard InChI is InChI=1S/C11H21N/c1-2-3-7-10-8-5-4-6-9-11(10)12/h2,10-11H,1,3-9,12H2. The number of nitrogens with two attached hydrogens (primary N) is 1. The van der Waals surface area contributed by atoms with Gasteiger partial charge in [0.2, 0.25) is 0 Å². The predicted octanol–water partition coefficient (Wildman–Crippen LogP) is 2.86. The first kappa shape index (κ1) is 9.79. The van der Waals surface area contributed by atoms with Crippen molar-refractivity contribution in [3.05, 3.63) is 12.7 Å². The van der Waals surface area contributed by atoms with E-state index in [-0.39, 0.29) is 0 Å². The Morgan fingerprint density at radius 2 is 2.00 bits per heavy atom. The van der Waals surface area contributed by atoms with Gasteiger partial charge in [0.05, 0.1) is 0 Å². The van der Waals surface area contributed by atoms with Crippen LogP contribution in [0.2, 0.25) is 0 Å². The van der Waals surface area contributed by atoms with Gasteiger partial charge in [-0.3, -0.25) is 0 Å². The summed E-state index contributed by atoms with van der Waals surface area (Å²) in [5.41, 5.74) is 6.09. The van der Waals surface area contributed by atoms with E-state index in [0.717, 1.165) is 12.3 Å². The van der Waals surface area contributed by atoms with Crippen LogP contribution in [0.1, 0.15) is 44.9 Å². The molecule has 2 atom stereocenters. The molecule has 0 aromatic rings. The molecule has 1 aliphatic carbocycles. The second kappa shape index (κ2) is 5.36. The average molecular weight is 167 g/mol. The molecule has 0 spiro atoms. The smallest absolute Gasteiger partial charge is 0.00672 e. The van der Waals surface area contributed by atoms with Crippen LogP contribution in [0.25, 0.3) is 0 Å². The van der Waals surface area contributed by atoms with Crippen molar-refractivity contribution >= 4 is 0 Å². The van der Waals surface area contributed by atoms with Crippen molar-refractivity contribution in [3.8, 4) is 0 Å². The minimum atomic E-state index is 0.465.